The van der Waals surface area contributed by atoms with Gasteiger partial charge in [0, 0.05) is 36.9 Å². The Kier molecular flexibility index (Phi) is 5.28. The zero-order chi connectivity index (χ0) is 20.4. The molecule has 2 atom stereocenters. The van der Waals surface area contributed by atoms with Crippen LogP contribution < -0.4 is 15.1 Å². The van der Waals surface area contributed by atoms with E-state index in [1.54, 1.807) is 4.90 Å². The molecule has 2 aliphatic rings. The lowest BCUT2D eigenvalue weighted by molar-refractivity contribution is -0.128. The van der Waals surface area contributed by atoms with E-state index in [0.29, 0.717) is 19.5 Å². The number of nitrogens with zero attached hydrogens (tertiary/aromatic N) is 2. The molecule has 6 heteroatoms. The fourth-order valence-electron chi connectivity index (χ4n) is 4.39. The maximum absolute atomic E-state index is 13.0. The molecule has 152 valence electrons. The highest BCUT2D eigenvalue weighted by Gasteiger charge is 2.65. The lowest BCUT2D eigenvalue weighted by atomic mass is 9.92. The summed E-state index contributed by atoms with van der Waals surface area (Å²) in [4.78, 5) is 29.3. The number of likely N-dealkylation sites (N-methyl/N-ethyl adjacent to an activating group) is 1. The van der Waals surface area contributed by atoms with Crippen LogP contribution in [0.3, 0.4) is 0 Å². The van der Waals surface area contributed by atoms with Crippen molar-refractivity contribution in [2.24, 2.45) is 5.41 Å². The van der Waals surface area contributed by atoms with Gasteiger partial charge in [0.1, 0.15) is 6.54 Å². The van der Waals surface area contributed by atoms with Crippen LogP contribution in [-0.2, 0) is 9.59 Å². The van der Waals surface area contributed by atoms with E-state index in [0.717, 1.165) is 23.5 Å². The molecular formula is C23H27N3O3. The van der Waals surface area contributed by atoms with E-state index in [1.807, 2.05) is 42.5 Å². The lowest BCUT2D eigenvalue weighted by Gasteiger charge is -2.33. The van der Waals surface area contributed by atoms with Gasteiger partial charge in [-0.05, 0) is 37.1 Å². The Labute approximate surface area is 171 Å². The topological polar surface area (TPSA) is 72.9 Å². The summed E-state index contributed by atoms with van der Waals surface area (Å²) >= 11 is 0. The lowest BCUT2D eigenvalue weighted by Crippen LogP contribution is -2.48. The number of para-hydroxylation sites is 2. The number of aliphatic hydroxyl groups excluding tert-OH is 1. The van der Waals surface area contributed by atoms with Crippen molar-refractivity contribution in [2.75, 3.05) is 42.6 Å². The SMILES string of the molecule is CCN(CCNC(=O)CN1C(=O)[C@@]2(CO)C[C@H]2c2ccccc21)c1ccccc1. The highest BCUT2D eigenvalue weighted by Crippen LogP contribution is 2.64. The van der Waals surface area contributed by atoms with E-state index < -0.39 is 5.41 Å². The second-order valence-electron chi connectivity index (χ2n) is 7.79. The van der Waals surface area contributed by atoms with Gasteiger partial charge in [0.25, 0.3) is 0 Å². The van der Waals surface area contributed by atoms with Crippen molar-refractivity contribution in [1.82, 2.24) is 5.32 Å². The van der Waals surface area contributed by atoms with Gasteiger partial charge in [-0.1, -0.05) is 36.4 Å². The number of fused-ring (bicyclic) bond motifs is 3. The molecule has 0 bridgehead atoms. The Morgan fingerprint density at radius 3 is 2.66 bits per heavy atom. The number of carbonyl (C=O) groups is 2. The van der Waals surface area contributed by atoms with Gasteiger partial charge in [-0.3, -0.25) is 9.59 Å². The monoisotopic (exact) mass is 393 g/mol. The third-order valence-electron chi connectivity index (χ3n) is 6.14. The summed E-state index contributed by atoms with van der Waals surface area (Å²) in [5.74, 6) is -0.262. The van der Waals surface area contributed by atoms with Crippen molar-refractivity contribution in [3.8, 4) is 0 Å². The molecule has 2 N–H and O–H groups in total. The molecule has 6 nitrogen and oxygen atoms in total. The molecule has 0 unspecified atom stereocenters. The van der Waals surface area contributed by atoms with Crippen molar-refractivity contribution in [1.29, 1.82) is 0 Å². The van der Waals surface area contributed by atoms with Crippen LogP contribution in [0.1, 0.15) is 24.8 Å². The smallest absolute Gasteiger partial charge is 0.240 e. The average Bonchev–Trinajstić information content (AvgIpc) is 3.52. The number of hydrogen-bond donors (Lipinski definition) is 2. The first kappa shape index (κ1) is 19.5. The van der Waals surface area contributed by atoms with Gasteiger partial charge >= 0.3 is 0 Å². The van der Waals surface area contributed by atoms with E-state index in [-0.39, 0.29) is 30.9 Å². The molecule has 2 amide bonds. The van der Waals surface area contributed by atoms with Gasteiger partial charge in [-0.15, -0.1) is 0 Å². The molecule has 0 aromatic heterocycles. The maximum Gasteiger partial charge on any atom is 0.240 e. The molecule has 0 spiro atoms. The molecule has 0 saturated heterocycles. The summed E-state index contributed by atoms with van der Waals surface area (Å²) < 4.78 is 0. The minimum atomic E-state index is -0.735. The van der Waals surface area contributed by atoms with E-state index in [1.165, 1.54) is 0 Å². The van der Waals surface area contributed by atoms with Gasteiger partial charge in [0.2, 0.25) is 11.8 Å². The Hall–Kier alpha value is -2.86. The molecule has 1 aliphatic heterocycles. The summed E-state index contributed by atoms with van der Waals surface area (Å²) in [5, 5.41) is 12.8. The zero-order valence-corrected chi connectivity index (χ0v) is 16.7. The van der Waals surface area contributed by atoms with Gasteiger partial charge in [-0.25, -0.2) is 0 Å². The van der Waals surface area contributed by atoms with Gasteiger partial charge in [0.15, 0.2) is 0 Å². The number of benzene rings is 2. The predicted molar refractivity (Wildman–Crippen MR) is 113 cm³/mol. The molecule has 1 aliphatic carbocycles. The maximum atomic E-state index is 13.0. The summed E-state index contributed by atoms with van der Waals surface area (Å²) in [5.41, 5.74) is 2.23. The van der Waals surface area contributed by atoms with Crippen LogP contribution in [-0.4, -0.2) is 49.7 Å². The molecule has 1 heterocycles. The summed E-state index contributed by atoms with van der Waals surface area (Å²) in [7, 11) is 0. The highest BCUT2D eigenvalue weighted by atomic mass is 16.3. The first-order valence-electron chi connectivity index (χ1n) is 10.2. The van der Waals surface area contributed by atoms with Crippen LogP contribution in [0.5, 0.6) is 0 Å². The number of rotatable bonds is 8. The molecule has 1 saturated carbocycles. The zero-order valence-electron chi connectivity index (χ0n) is 16.7. The Bertz CT molecular complexity index is 901. The number of hydrogen-bond acceptors (Lipinski definition) is 4. The molecule has 1 fully saturated rings. The summed E-state index contributed by atoms with van der Waals surface area (Å²) in [6.45, 7) is 3.92. The number of nitrogens with one attached hydrogen (secondary N) is 1. The van der Waals surface area contributed by atoms with Gasteiger partial charge in [0.05, 0.1) is 12.0 Å². The van der Waals surface area contributed by atoms with E-state index in [2.05, 4.69) is 29.3 Å². The summed E-state index contributed by atoms with van der Waals surface area (Å²) in [6.07, 6.45) is 0.653. The Balaban J connectivity index is 1.39. The largest absolute Gasteiger partial charge is 0.395 e. The third-order valence-corrected chi connectivity index (χ3v) is 6.14. The number of carbonyl (C=O) groups excluding carboxylic acids is 2. The fraction of sp³-hybridized carbons (Fsp3) is 0.391. The van der Waals surface area contributed by atoms with Crippen molar-refractivity contribution < 1.29 is 14.7 Å². The second-order valence-corrected chi connectivity index (χ2v) is 7.79. The molecule has 29 heavy (non-hydrogen) atoms. The van der Waals surface area contributed by atoms with Crippen molar-refractivity contribution in [3.63, 3.8) is 0 Å². The molecule has 2 aromatic rings. The molecule has 2 aromatic carbocycles. The quantitative estimate of drug-likeness (QED) is 0.721. The van der Waals surface area contributed by atoms with Crippen LogP contribution in [0.2, 0.25) is 0 Å². The van der Waals surface area contributed by atoms with Crippen LogP contribution >= 0.6 is 0 Å². The minimum Gasteiger partial charge on any atom is -0.395 e. The van der Waals surface area contributed by atoms with Crippen molar-refractivity contribution in [3.05, 3.63) is 60.2 Å². The summed E-state index contributed by atoms with van der Waals surface area (Å²) in [6, 6.07) is 17.8. The standard InChI is InChI=1S/C23H27N3O3/c1-2-25(17-8-4-3-5-9-17)13-12-24-21(28)15-26-20-11-7-6-10-18(20)19-14-23(19,16-27)22(26)29/h3-11,19,27H,2,12-16H2,1H3,(H,24,28)/t19-,23+/m0/s1. The van der Waals surface area contributed by atoms with Crippen LogP contribution in [0.15, 0.2) is 54.6 Å². The second kappa shape index (κ2) is 7.87. The predicted octanol–water partition coefficient (Wildman–Crippen LogP) is 2.14. The highest BCUT2D eigenvalue weighted by molar-refractivity contribution is 6.07. The number of anilines is 2. The Morgan fingerprint density at radius 2 is 1.93 bits per heavy atom. The molecule has 0 radical (unpaired) electrons. The van der Waals surface area contributed by atoms with Crippen LogP contribution in [0, 0.1) is 5.41 Å². The van der Waals surface area contributed by atoms with E-state index >= 15 is 0 Å². The van der Waals surface area contributed by atoms with E-state index in [4.69, 9.17) is 0 Å². The number of aliphatic hydroxyl groups is 1. The Morgan fingerprint density at radius 1 is 1.21 bits per heavy atom. The van der Waals surface area contributed by atoms with Crippen molar-refractivity contribution in [2.45, 2.75) is 19.3 Å². The van der Waals surface area contributed by atoms with Gasteiger partial charge in [-0.2, -0.15) is 0 Å². The normalized spacial score (nSPS) is 21.9. The third kappa shape index (κ3) is 3.49. The molecule has 4 rings (SSSR count). The average molecular weight is 393 g/mol. The van der Waals surface area contributed by atoms with E-state index in [9.17, 15) is 14.7 Å². The van der Waals surface area contributed by atoms with Crippen LogP contribution in [0.4, 0.5) is 11.4 Å². The van der Waals surface area contributed by atoms with Gasteiger partial charge < -0.3 is 20.2 Å². The first-order chi connectivity index (χ1) is 14.1. The fourth-order valence-corrected chi connectivity index (χ4v) is 4.39. The minimum absolute atomic E-state index is 0.0260. The number of amides is 2. The first-order valence-corrected chi connectivity index (χ1v) is 10.2. The van der Waals surface area contributed by atoms with Crippen LogP contribution in [0.25, 0.3) is 0 Å². The molecular weight excluding hydrogens is 366 g/mol. The van der Waals surface area contributed by atoms with Crippen molar-refractivity contribution >= 4 is 23.2 Å².